The molecule has 1 aliphatic heterocycles. The third-order valence-electron chi connectivity index (χ3n) is 7.43. The fraction of sp³-hybridized carbons (Fsp3) is 0.139. The molecule has 6 rings (SSSR count). The van der Waals surface area contributed by atoms with Crippen molar-refractivity contribution in [2.45, 2.75) is 24.5 Å². The minimum atomic E-state index is -0.734. The molecule has 0 radical (unpaired) electrons. The van der Waals surface area contributed by atoms with Gasteiger partial charge in [-0.05, 0) is 112 Å². The Labute approximate surface area is 316 Å². The van der Waals surface area contributed by atoms with E-state index in [1.807, 2.05) is 103 Å². The summed E-state index contributed by atoms with van der Waals surface area (Å²) in [6.45, 7) is 2.35. The minimum Gasteiger partial charge on any atom is -0.487 e. The maximum absolute atomic E-state index is 14.4. The molecule has 4 aromatic carbocycles. The Balaban J connectivity index is 1.55. The molecular formula is C36H27BrI2N2O4S2. The van der Waals surface area contributed by atoms with Crippen molar-refractivity contribution in [2.75, 3.05) is 12.9 Å². The number of benzene rings is 4. The lowest BCUT2D eigenvalue weighted by atomic mass is 9.93. The van der Waals surface area contributed by atoms with Crippen LogP contribution in [0.1, 0.15) is 35.2 Å². The molecule has 1 aromatic heterocycles. The molecule has 2 heterocycles. The number of carbonyl (C=O) groups is 1. The van der Waals surface area contributed by atoms with Crippen molar-refractivity contribution in [3.63, 3.8) is 0 Å². The van der Waals surface area contributed by atoms with E-state index in [9.17, 15) is 9.59 Å². The Morgan fingerprint density at radius 2 is 1.77 bits per heavy atom. The lowest BCUT2D eigenvalue weighted by Gasteiger charge is -2.26. The number of thiazole rings is 1. The van der Waals surface area contributed by atoms with E-state index in [1.54, 1.807) is 23.3 Å². The molecule has 0 fully saturated rings. The van der Waals surface area contributed by atoms with Gasteiger partial charge in [-0.1, -0.05) is 81.9 Å². The molecule has 11 heteroatoms. The van der Waals surface area contributed by atoms with Crippen molar-refractivity contribution in [1.29, 1.82) is 0 Å². The highest BCUT2D eigenvalue weighted by Crippen LogP contribution is 2.36. The summed E-state index contributed by atoms with van der Waals surface area (Å²) >= 11 is 11.0. The van der Waals surface area contributed by atoms with Crippen molar-refractivity contribution < 1.29 is 14.3 Å². The van der Waals surface area contributed by atoms with Crippen LogP contribution in [0.3, 0.4) is 0 Å². The zero-order valence-electron chi connectivity index (χ0n) is 25.2. The molecule has 6 nitrogen and oxygen atoms in total. The molecule has 5 aromatic rings. The molecule has 0 unspecified atom stereocenters. The summed E-state index contributed by atoms with van der Waals surface area (Å²) in [6.07, 6.45) is 3.88. The van der Waals surface area contributed by atoms with Gasteiger partial charge in [0.1, 0.15) is 12.4 Å². The molecule has 0 saturated carbocycles. The number of rotatable bonds is 9. The molecule has 1 atom stereocenters. The van der Waals surface area contributed by atoms with Gasteiger partial charge < -0.3 is 9.47 Å². The van der Waals surface area contributed by atoms with Crippen LogP contribution < -0.4 is 19.6 Å². The van der Waals surface area contributed by atoms with Gasteiger partial charge in [-0.3, -0.25) is 9.36 Å². The van der Waals surface area contributed by atoms with E-state index in [4.69, 9.17) is 14.5 Å². The number of thioether (sulfide) groups is 1. The number of hydrogen-bond donors (Lipinski definition) is 0. The largest absolute Gasteiger partial charge is 0.487 e. The summed E-state index contributed by atoms with van der Waals surface area (Å²) < 4.78 is 17.0. The summed E-state index contributed by atoms with van der Waals surface area (Å²) in [7, 11) is 0. The quantitative estimate of drug-likeness (QED) is 0.0848. The first-order valence-electron chi connectivity index (χ1n) is 14.6. The second-order valence-electron chi connectivity index (χ2n) is 10.4. The first-order chi connectivity index (χ1) is 22.8. The van der Waals surface area contributed by atoms with E-state index in [0.717, 1.165) is 38.8 Å². The summed E-state index contributed by atoms with van der Waals surface area (Å²) in [6, 6.07) is 28.8. The topological polar surface area (TPSA) is 69.9 Å². The van der Waals surface area contributed by atoms with Crippen LogP contribution in [0.5, 0.6) is 5.75 Å². The average Bonchev–Trinajstić information content (AvgIpc) is 3.38. The molecular weight excluding hydrogens is 922 g/mol. The van der Waals surface area contributed by atoms with Gasteiger partial charge in [0.25, 0.3) is 5.56 Å². The van der Waals surface area contributed by atoms with Crippen molar-refractivity contribution in [3.8, 4) is 5.75 Å². The van der Waals surface area contributed by atoms with Gasteiger partial charge in [-0.25, -0.2) is 9.79 Å². The van der Waals surface area contributed by atoms with Crippen molar-refractivity contribution in [1.82, 2.24) is 4.57 Å². The molecule has 0 saturated heterocycles. The monoisotopic (exact) mass is 948 g/mol. The smallest absolute Gasteiger partial charge is 0.338 e. The highest BCUT2D eigenvalue weighted by Gasteiger charge is 2.35. The Kier molecular flexibility index (Phi) is 11.1. The normalized spacial score (nSPS) is 14.5. The summed E-state index contributed by atoms with van der Waals surface area (Å²) in [5, 5.41) is 0. The lowest BCUT2D eigenvalue weighted by Crippen LogP contribution is -2.40. The number of halogens is 3. The Bertz CT molecular complexity index is 2160. The van der Waals surface area contributed by atoms with Crippen LogP contribution in [0.2, 0.25) is 0 Å². The van der Waals surface area contributed by atoms with Crippen LogP contribution in [-0.4, -0.2) is 23.4 Å². The van der Waals surface area contributed by atoms with Gasteiger partial charge in [0, 0.05) is 24.1 Å². The van der Waals surface area contributed by atoms with Gasteiger partial charge in [-0.15, -0.1) is 11.8 Å². The molecule has 0 bridgehead atoms. The maximum Gasteiger partial charge on any atom is 0.338 e. The standard InChI is InChI=1S/C36H27BrI2N2O4S2/c1-3-44-35(43)30-31(22-7-5-4-6-8-22)40-36-41(32(30)23-11-15-27(46-2)16-12-23)34(42)29(47-36)18-24-17-26(38)19-28(39)33(24)45-20-21-9-13-25(37)14-10-21/h4-19,32H,3,20H2,1-2H3/b29-18-/t32-/m0/s1. The Morgan fingerprint density at radius 3 is 2.45 bits per heavy atom. The zero-order valence-corrected chi connectivity index (χ0v) is 32.7. The van der Waals surface area contributed by atoms with E-state index in [0.29, 0.717) is 33.0 Å². The second kappa shape index (κ2) is 15.2. The fourth-order valence-electron chi connectivity index (χ4n) is 5.26. The van der Waals surface area contributed by atoms with Crippen molar-refractivity contribution >= 4 is 102 Å². The third kappa shape index (κ3) is 7.48. The number of carbonyl (C=O) groups excluding carboxylic acids is 1. The van der Waals surface area contributed by atoms with Gasteiger partial charge in [-0.2, -0.15) is 0 Å². The third-order valence-corrected chi connectivity index (χ3v) is 11.1. The van der Waals surface area contributed by atoms with Crippen molar-refractivity contribution in [2.24, 2.45) is 4.99 Å². The number of ether oxygens (including phenoxy) is 2. The molecule has 238 valence electrons. The first-order valence-corrected chi connectivity index (χ1v) is 19.5. The highest BCUT2D eigenvalue weighted by molar-refractivity contribution is 14.1. The van der Waals surface area contributed by atoms with Gasteiger partial charge in [0.15, 0.2) is 4.80 Å². The van der Waals surface area contributed by atoms with Crippen LogP contribution >= 0.6 is 84.2 Å². The van der Waals surface area contributed by atoms with Crippen LogP contribution in [0.25, 0.3) is 11.8 Å². The van der Waals surface area contributed by atoms with Crippen LogP contribution in [-0.2, 0) is 16.1 Å². The number of esters is 1. The minimum absolute atomic E-state index is 0.196. The molecule has 47 heavy (non-hydrogen) atoms. The number of fused-ring (bicyclic) bond motifs is 1. The van der Waals surface area contributed by atoms with E-state index >= 15 is 0 Å². The number of aromatic nitrogens is 1. The van der Waals surface area contributed by atoms with E-state index in [-0.39, 0.29) is 12.2 Å². The van der Waals surface area contributed by atoms with E-state index < -0.39 is 12.0 Å². The van der Waals surface area contributed by atoms with E-state index in [1.165, 1.54) is 11.3 Å². The maximum atomic E-state index is 14.4. The lowest BCUT2D eigenvalue weighted by molar-refractivity contribution is -0.138. The Morgan fingerprint density at radius 1 is 1.04 bits per heavy atom. The predicted octanol–water partition coefficient (Wildman–Crippen LogP) is 8.21. The van der Waals surface area contributed by atoms with Crippen molar-refractivity contribution in [3.05, 3.63) is 150 Å². The highest BCUT2D eigenvalue weighted by atomic mass is 127. The van der Waals surface area contributed by atoms with Crippen LogP contribution in [0, 0.1) is 7.14 Å². The first kappa shape index (κ1) is 34.2. The predicted molar refractivity (Wildman–Crippen MR) is 210 cm³/mol. The summed E-state index contributed by atoms with van der Waals surface area (Å²) in [5.74, 6) is 0.195. The molecule has 0 N–H and O–H groups in total. The van der Waals surface area contributed by atoms with Crippen LogP contribution in [0.15, 0.2) is 116 Å². The summed E-state index contributed by atoms with van der Waals surface area (Å²) in [5.41, 5.74) is 3.97. The SMILES string of the molecule is CCOC(=O)C1=C(c2ccccc2)N=c2s/c(=C\c3cc(I)cc(I)c3OCc3ccc(Br)cc3)c(=O)n2[C@H]1c1ccc(SC)cc1. The fourth-order valence-corrected chi connectivity index (χ4v) is 8.97. The zero-order chi connectivity index (χ0) is 33.1. The number of hydrogen-bond acceptors (Lipinski definition) is 7. The van der Waals surface area contributed by atoms with E-state index in [2.05, 4.69) is 61.1 Å². The molecule has 0 amide bonds. The Hall–Kier alpha value is -2.72. The van der Waals surface area contributed by atoms with Crippen LogP contribution in [0.4, 0.5) is 0 Å². The van der Waals surface area contributed by atoms with Gasteiger partial charge >= 0.3 is 5.97 Å². The average molecular weight is 949 g/mol. The number of nitrogens with zero attached hydrogens (tertiary/aromatic N) is 2. The second-order valence-corrected chi connectivity index (χ2v) is 15.6. The molecule has 1 aliphatic rings. The molecule has 0 spiro atoms. The van der Waals surface area contributed by atoms with Gasteiger partial charge in [0.05, 0.1) is 32.0 Å². The van der Waals surface area contributed by atoms with Gasteiger partial charge in [0.2, 0.25) is 0 Å². The summed E-state index contributed by atoms with van der Waals surface area (Å²) in [4.78, 5) is 34.7. The molecule has 0 aliphatic carbocycles.